The molecule has 0 saturated carbocycles. The zero-order valence-electron chi connectivity index (χ0n) is 10.6. The lowest BCUT2D eigenvalue weighted by atomic mass is 9.85. The molecule has 0 aromatic rings. The largest absolute Gasteiger partial charge is 0.462 e. The molecule has 0 unspecified atom stereocenters. The fraction of sp³-hybridized carbons (Fsp3) is 0.769. The molecule has 2 heteroatoms. The van der Waals surface area contributed by atoms with Crippen molar-refractivity contribution in [2.24, 2.45) is 5.41 Å². The Morgan fingerprint density at radius 2 is 1.93 bits per heavy atom. The predicted molar refractivity (Wildman–Crippen MR) is 63.7 cm³/mol. The second-order valence-corrected chi connectivity index (χ2v) is 4.71. The second kappa shape index (κ2) is 6.65. The zero-order valence-corrected chi connectivity index (χ0v) is 10.6. The first-order valence-electron chi connectivity index (χ1n) is 5.78. The summed E-state index contributed by atoms with van der Waals surface area (Å²) < 4.78 is 5.10. The normalized spacial score (nSPS) is 11.2. The summed E-state index contributed by atoms with van der Waals surface area (Å²) in [5, 5.41) is 0. The molecule has 0 aliphatic heterocycles. The third-order valence-electron chi connectivity index (χ3n) is 2.90. The van der Waals surface area contributed by atoms with Crippen molar-refractivity contribution in [2.45, 2.75) is 53.4 Å². The molecule has 0 radical (unpaired) electrons. The van der Waals surface area contributed by atoms with E-state index < -0.39 is 0 Å². The van der Waals surface area contributed by atoms with Gasteiger partial charge in [0.05, 0.1) is 6.61 Å². The van der Waals surface area contributed by atoms with Gasteiger partial charge in [0.25, 0.3) is 0 Å². The minimum absolute atomic E-state index is 0.244. The number of hydrogen-bond acceptors (Lipinski definition) is 2. The van der Waals surface area contributed by atoms with Gasteiger partial charge < -0.3 is 4.74 Å². The van der Waals surface area contributed by atoms with Gasteiger partial charge in [0.1, 0.15) is 0 Å². The van der Waals surface area contributed by atoms with E-state index in [0.717, 1.165) is 19.3 Å². The second-order valence-electron chi connectivity index (χ2n) is 4.71. The molecule has 0 aliphatic carbocycles. The number of rotatable bonds is 7. The Labute approximate surface area is 93.7 Å². The lowest BCUT2D eigenvalue weighted by molar-refractivity contribution is -0.139. The number of esters is 1. The third kappa shape index (κ3) is 6.32. The summed E-state index contributed by atoms with van der Waals surface area (Å²) in [7, 11) is 0. The Morgan fingerprint density at radius 1 is 1.33 bits per heavy atom. The molecule has 0 atom stereocenters. The highest BCUT2D eigenvalue weighted by atomic mass is 16.5. The van der Waals surface area contributed by atoms with Gasteiger partial charge in [-0.1, -0.05) is 40.7 Å². The number of carbonyl (C=O) groups excluding carboxylic acids is 1. The van der Waals surface area contributed by atoms with Crippen LogP contribution in [0.4, 0.5) is 0 Å². The number of carbonyl (C=O) groups is 1. The van der Waals surface area contributed by atoms with Gasteiger partial charge in [-0.2, -0.15) is 0 Å². The highest BCUT2D eigenvalue weighted by Crippen LogP contribution is 2.25. The first-order chi connectivity index (χ1) is 6.93. The number of ether oxygens (including phenoxy) is 1. The van der Waals surface area contributed by atoms with Gasteiger partial charge in [-0.3, -0.25) is 0 Å². The monoisotopic (exact) mass is 212 g/mol. The van der Waals surface area contributed by atoms with Crippen LogP contribution in [0.1, 0.15) is 53.4 Å². The van der Waals surface area contributed by atoms with Crippen molar-refractivity contribution in [1.29, 1.82) is 0 Å². The van der Waals surface area contributed by atoms with E-state index in [4.69, 9.17) is 4.74 Å². The van der Waals surface area contributed by atoms with Crippen LogP contribution in [0.3, 0.4) is 0 Å². The molecule has 0 aromatic heterocycles. The van der Waals surface area contributed by atoms with E-state index in [9.17, 15) is 4.79 Å². The third-order valence-corrected chi connectivity index (χ3v) is 2.90. The SMILES string of the molecule is C=C(CC)C(=O)OCCCC(C)(C)CC. The van der Waals surface area contributed by atoms with E-state index >= 15 is 0 Å². The molecular weight excluding hydrogens is 188 g/mol. The smallest absolute Gasteiger partial charge is 0.333 e. The van der Waals surface area contributed by atoms with Crippen molar-refractivity contribution in [2.75, 3.05) is 6.61 Å². The summed E-state index contributed by atoms with van der Waals surface area (Å²) >= 11 is 0. The molecule has 0 fully saturated rings. The quantitative estimate of drug-likeness (QED) is 0.365. The van der Waals surface area contributed by atoms with Crippen molar-refractivity contribution in [3.05, 3.63) is 12.2 Å². The van der Waals surface area contributed by atoms with Crippen molar-refractivity contribution in [3.8, 4) is 0 Å². The van der Waals surface area contributed by atoms with Gasteiger partial charge in [-0.15, -0.1) is 0 Å². The molecule has 0 saturated heterocycles. The van der Waals surface area contributed by atoms with E-state index in [-0.39, 0.29) is 5.97 Å². The number of hydrogen-bond donors (Lipinski definition) is 0. The Hall–Kier alpha value is -0.790. The standard InChI is InChI=1S/C13H24O2/c1-6-11(3)12(14)15-10-8-9-13(4,5)7-2/h3,6-10H2,1-2,4-5H3. The van der Waals surface area contributed by atoms with Crippen LogP contribution < -0.4 is 0 Å². The molecule has 0 aliphatic rings. The summed E-state index contributed by atoms with van der Waals surface area (Å²) in [6.07, 6.45) is 3.85. The first kappa shape index (κ1) is 14.2. The van der Waals surface area contributed by atoms with Gasteiger partial charge in [0, 0.05) is 5.57 Å². The summed E-state index contributed by atoms with van der Waals surface area (Å²) in [5.41, 5.74) is 0.915. The Balaban J connectivity index is 3.64. The summed E-state index contributed by atoms with van der Waals surface area (Å²) in [4.78, 5) is 11.2. The predicted octanol–water partition coefficient (Wildman–Crippen LogP) is 3.71. The molecule has 2 nitrogen and oxygen atoms in total. The summed E-state index contributed by atoms with van der Waals surface area (Å²) in [5.74, 6) is -0.244. The fourth-order valence-corrected chi connectivity index (χ4v) is 1.14. The molecule has 0 rings (SSSR count). The van der Waals surface area contributed by atoms with E-state index in [1.54, 1.807) is 0 Å². The minimum Gasteiger partial charge on any atom is -0.462 e. The van der Waals surface area contributed by atoms with Gasteiger partial charge in [0.15, 0.2) is 0 Å². The fourth-order valence-electron chi connectivity index (χ4n) is 1.14. The van der Waals surface area contributed by atoms with Crippen LogP contribution >= 0.6 is 0 Å². The van der Waals surface area contributed by atoms with Crippen LogP contribution in [0.2, 0.25) is 0 Å². The van der Waals surface area contributed by atoms with E-state index in [2.05, 4.69) is 27.4 Å². The van der Waals surface area contributed by atoms with Gasteiger partial charge in [-0.05, 0) is 24.7 Å². The zero-order chi connectivity index (χ0) is 11.9. The highest BCUT2D eigenvalue weighted by molar-refractivity contribution is 5.87. The molecule has 0 heterocycles. The lowest BCUT2D eigenvalue weighted by Crippen LogP contribution is -2.13. The lowest BCUT2D eigenvalue weighted by Gasteiger charge is -2.22. The molecule has 0 amide bonds. The highest BCUT2D eigenvalue weighted by Gasteiger charge is 2.14. The Kier molecular flexibility index (Phi) is 6.30. The average molecular weight is 212 g/mol. The summed E-state index contributed by atoms with van der Waals surface area (Å²) in [6, 6.07) is 0. The molecule has 0 spiro atoms. The average Bonchev–Trinajstić information content (AvgIpc) is 2.22. The molecule has 0 bridgehead atoms. The van der Waals surface area contributed by atoms with Crippen molar-refractivity contribution in [1.82, 2.24) is 0 Å². The summed E-state index contributed by atoms with van der Waals surface area (Å²) in [6.45, 7) is 12.7. The Morgan fingerprint density at radius 3 is 2.40 bits per heavy atom. The van der Waals surface area contributed by atoms with Gasteiger partial charge >= 0.3 is 5.97 Å². The van der Waals surface area contributed by atoms with Crippen LogP contribution in [0, 0.1) is 5.41 Å². The van der Waals surface area contributed by atoms with Crippen LogP contribution in [0.15, 0.2) is 12.2 Å². The maximum Gasteiger partial charge on any atom is 0.333 e. The molecule has 0 N–H and O–H groups in total. The van der Waals surface area contributed by atoms with Crippen molar-refractivity contribution in [3.63, 3.8) is 0 Å². The molecule has 0 aromatic carbocycles. The van der Waals surface area contributed by atoms with Crippen LogP contribution in [0.25, 0.3) is 0 Å². The van der Waals surface area contributed by atoms with Crippen molar-refractivity contribution >= 4 is 5.97 Å². The van der Waals surface area contributed by atoms with Gasteiger partial charge in [-0.25, -0.2) is 4.79 Å². The van der Waals surface area contributed by atoms with E-state index in [1.807, 2.05) is 6.92 Å². The molecule has 88 valence electrons. The van der Waals surface area contributed by atoms with Crippen molar-refractivity contribution < 1.29 is 9.53 Å². The topological polar surface area (TPSA) is 26.3 Å². The van der Waals surface area contributed by atoms with Crippen LogP contribution in [-0.4, -0.2) is 12.6 Å². The van der Waals surface area contributed by atoms with Crippen LogP contribution in [0.5, 0.6) is 0 Å². The maximum absolute atomic E-state index is 11.2. The molecular formula is C13H24O2. The Bertz CT molecular complexity index is 217. The van der Waals surface area contributed by atoms with Crippen LogP contribution in [-0.2, 0) is 9.53 Å². The first-order valence-corrected chi connectivity index (χ1v) is 5.78. The van der Waals surface area contributed by atoms with E-state index in [1.165, 1.54) is 0 Å². The molecule has 15 heavy (non-hydrogen) atoms. The maximum atomic E-state index is 11.2. The van der Waals surface area contributed by atoms with E-state index in [0.29, 0.717) is 24.0 Å². The van der Waals surface area contributed by atoms with Gasteiger partial charge in [0.2, 0.25) is 0 Å². The minimum atomic E-state index is -0.244.